The molecule has 2 rings (SSSR count). The molecule has 1 aromatic heterocycles. The number of fused-ring (bicyclic) bond motifs is 1. The number of carbonyl (C=O) groups is 4. The van der Waals surface area contributed by atoms with E-state index in [4.69, 9.17) is 15.4 Å². The van der Waals surface area contributed by atoms with Gasteiger partial charge in [0.2, 0.25) is 11.8 Å². The second-order valence-electron chi connectivity index (χ2n) is 9.02. The highest BCUT2D eigenvalue weighted by atomic mass is 31.2. The molecule has 4 atom stereocenters. The third kappa shape index (κ3) is 8.12. The Morgan fingerprint density at radius 2 is 1.70 bits per heavy atom. The van der Waals surface area contributed by atoms with Crippen LogP contribution in [0, 0.1) is 5.92 Å². The molecule has 14 heteroatoms. The number of para-hydroxylation sites is 1. The number of benzene rings is 1. The van der Waals surface area contributed by atoms with Gasteiger partial charge < -0.3 is 31.5 Å². The Bertz CT molecular complexity index is 1200. The van der Waals surface area contributed by atoms with Crippen LogP contribution < -0.4 is 16.4 Å². The lowest BCUT2D eigenvalue weighted by atomic mass is 10.0. The van der Waals surface area contributed by atoms with Gasteiger partial charge in [-0.25, -0.2) is 9.36 Å². The fourth-order valence-corrected chi connectivity index (χ4v) is 4.68. The van der Waals surface area contributed by atoms with E-state index in [1.54, 1.807) is 38.1 Å². The summed E-state index contributed by atoms with van der Waals surface area (Å²) in [6.07, 6.45) is 0.738. The van der Waals surface area contributed by atoms with Gasteiger partial charge in [-0.2, -0.15) is 0 Å². The van der Waals surface area contributed by atoms with Crippen molar-refractivity contribution in [3.8, 4) is 0 Å². The van der Waals surface area contributed by atoms with Gasteiger partial charge in [0.05, 0.1) is 11.6 Å². The van der Waals surface area contributed by atoms with Gasteiger partial charge in [-0.1, -0.05) is 32.0 Å². The lowest BCUT2D eigenvalue weighted by molar-refractivity contribution is -0.142. The van der Waals surface area contributed by atoms with Crippen molar-refractivity contribution in [1.82, 2.24) is 15.0 Å². The Morgan fingerprint density at radius 1 is 1.08 bits per heavy atom. The Balaban J connectivity index is 2.43. The summed E-state index contributed by atoms with van der Waals surface area (Å²) in [5, 5.41) is 23.8. The van der Waals surface area contributed by atoms with Gasteiger partial charge >= 0.3 is 19.7 Å². The maximum Gasteiger partial charge on any atom is 0.436 e. The highest BCUT2D eigenvalue weighted by molar-refractivity contribution is 7.51. The minimum atomic E-state index is -4.26. The van der Waals surface area contributed by atoms with E-state index >= 15 is 0 Å². The van der Waals surface area contributed by atoms with Crippen molar-refractivity contribution in [1.29, 1.82) is 0 Å². The van der Waals surface area contributed by atoms with Crippen LogP contribution in [0.1, 0.15) is 38.7 Å². The third-order valence-electron chi connectivity index (χ3n) is 5.67. The van der Waals surface area contributed by atoms with Crippen LogP contribution in [-0.4, -0.2) is 68.4 Å². The summed E-state index contributed by atoms with van der Waals surface area (Å²) in [5.74, 6) is -4.05. The number of carboxylic acids is 2. The monoisotopic (exact) mass is 540 g/mol. The maximum absolute atomic E-state index is 13.2. The number of nitrogens with one attached hydrogen (secondary N) is 2. The van der Waals surface area contributed by atoms with E-state index in [2.05, 4.69) is 10.6 Å². The topological polar surface area (TPSA) is 210 Å². The second kappa shape index (κ2) is 12.8. The minimum Gasteiger partial charge on any atom is -0.481 e. The fourth-order valence-electron chi connectivity index (χ4n) is 3.77. The van der Waals surface area contributed by atoms with Crippen molar-refractivity contribution >= 4 is 42.4 Å². The molecule has 0 radical (unpaired) electrons. The zero-order valence-electron chi connectivity index (χ0n) is 20.8. The predicted octanol–water partition coefficient (Wildman–Crippen LogP) is 1.07. The first-order chi connectivity index (χ1) is 17.3. The Kier molecular flexibility index (Phi) is 10.4. The van der Waals surface area contributed by atoms with Crippen LogP contribution >= 0.6 is 7.75 Å². The Hall–Kier alpha value is -3.25. The molecule has 0 aliphatic carbocycles. The standard InChI is InChI=1S/C23H33N4O9P/c1-13(2)10-18(23(32)33)26-22(31)17(25-21(30)16(24)8-9-20(28)29)11-14-12-27(37(34,35)36-3)19-7-5-4-6-15(14)19/h4-7,12-13,16-18H,8-11,24H2,1-3H3,(H,25,30)(H,26,31)(H,28,29)(H,32,33)(H,34,35)/t16-,17-,18-/m0/s1. The SMILES string of the molecule is COP(=O)(O)n1cc(C[C@H](NC(=O)[C@@H](N)CCC(=O)O)C(=O)N[C@@H](CC(C)C)C(=O)O)c2ccccc21. The smallest absolute Gasteiger partial charge is 0.436 e. The molecule has 7 N–H and O–H groups in total. The summed E-state index contributed by atoms with van der Waals surface area (Å²) in [6.45, 7) is 3.58. The van der Waals surface area contributed by atoms with Gasteiger partial charge in [0, 0.05) is 31.5 Å². The van der Waals surface area contributed by atoms with Gasteiger partial charge in [0.1, 0.15) is 12.1 Å². The molecule has 1 heterocycles. The highest BCUT2D eigenvalue weighted by Gasteiger charge is 2.31. The number of hydrogen-bond donors (Lipinski definition) is 6. The quantitative estimate of drug-likeness (QED) is 0.188. The average molecular weight is 541 g/mol. The van der Waals surface area contributed by atoms with E-state index in [1.165, 1.54) is 6.20 Å². The molecular weight excluding hydrogens is 507 g/mol. The molecule has 0 aliphatic rings. The number of aliphatic carboxylic acids is 2. The first-order valence-corrected chi connectivity index (χ1v) is 13.1. The summed E-state index contributed by atoms with van der Waals surface area (Å²) >= 11 is 0. The van der Waals surface area contributed by atoms with Gasteiger partial charge in [-0.15, -0.1) is 0 Å². The second-order valence-corrected chi connectivity index (χ2v) is 10.8. The molecule has 1 aromatic carbocycles. The number of aromatic nitrogens is 1. The van der Waals surface area contributed by atoms with Crippen molar-refractivity contribution < 1.29 is 43.4 Å². The number of carboxylic acid groups (broad SMARTS) is 2. The number of nitrogens with two attached hydrogens (primary N) is 1. The first-order valence-electron chi connectivity index (χ1n) is 11.6. The molecule has 0 spiro atoms. The van der Waals surface area contributed by atoms with Crippen LogP contribution in [0.2, 0.25) is 0 Å². The molecule has 2 aromatic rings. The lowest BCUT2D eigenvalue weighted by Crippen LogP contribution is -2.55. The molecule has 0 fully saturated rings. The van der Waals surface area contributed by atoms with Gasteiger partial charge in [-0.3, -0.25) is 23.2 Å². The maximum atomic E-state index is 13.2. The molecule has 1 unspecified atom stereocenters. The van der Waals surface area contributed by atoms with Gasteiger partial charge in [0.15, 0.2) is 0 Å². The van der Waals surface area contributed by atoms with Crippen molar-refractivity contribution in [3.05, 3.63) is 36.0 Å². The van der Waals surface area contributed by atoms with Crippen molar-refractivity contribution in [3.63, 3.8) is 0 Å². The third-order valence-corrected chi connectivity index (χ3v) is 7.02. The molecule has 2 amide bonds. The highest BCUT2D eigenvalue weighted by Crippen LogP contribution is 2.46. The van der Waals surface area contributed by atoms with Gasteiger partial charge in [0.25, 0.3) is 0 Å². The molecular formula is C23H33N4O9P. The van der Waals surface area contributed by atoms with E-state index in [0.717, 1.165) is 11.4 Å². The first kappa shape index (κ1) is 30.0. The van der Waals surface area contributed by atoms with Crippen LogP contribution in [-0.2, 0) is 34.7 Å². The van der Waals surface area contributed by atoms with Crippen molar-refractivity contribution in [2.45, 2.75) is 57.7 Å². The summed E-state index contributed by atoms with van der Waals surface area (Å²) < 4.78 is 18.4. The molecule has 0 saturated carbocycles. The van der Waals surface area contributed by atoms with E-state index in [1.807, 2.05) is 0 Å². The van der Waals surface area contributed by atoms with Gasteiger partial charge in [-0.05, 0) is 30.4 Å². The molecule has 0 aliphatic heterocycles. The Labute approximate surface area is 213 Å². The Morgan fingerprint density at radius 3 is 2.27 bits per heavy atom. The fraction of sp³-hybridized carbons (Fsp3) is 0.478. The minimum absolute atomic E-state index is 0.0513. The number of nitrogens with zero attached hydrogens (tertiary/aromatic N) is 1. The predicted molar refractivity (Wildman–Crippen MR) is 134 cm³/mol. The summed E-state index contributed by atoms with van der Waals surface area (Å²) in [5.41, 5.74) is 6.55. The normalized spacial score (nSPS) is 15.5. The summed E-state index contributed by atoms with van der Waals surface area (Å²) in [6, 6.07) is 2.80. The van der Waals surface area contributed by atoms with E-state index in [-0.39, 0.29) is 31.6 Å². The number of amides is 2. The van der Waals surface area contributed by atoms with E-state index in [0.29, 0.717) is 16.5 Å². The van der Waals surface area contributed by atoms with Crippen molar-refractivity contribution in [2.24, 2.45) is 11.7 Å². The van der Waals surface area contributed by atoms with Crippen molar-refractivity contribution in [2.75, 3.05) is 7.11 Å². The lowest BCUT2D eigenvalue weighted by Gasteiger charge is -2.23. The largest absolute Gasteiger partial charge is 0.481 e. The van der Waals surface area contributed by atoms with Crippen LogP contribution in [0.3, 0.4) is 0 Å². The number of hydrogen-bond acceptors (Lipinski definition) is 7. The molecule has 0 bridgehead atoms. The zero-order valence-corrected chi connectivity index (χ0v) is 21.7. The number of rotatable bonds is 14. The average Bonchev–Trinajstić information content (AvgIpc) is 3.20. The van der Waals surface area contributed by atoms with Crippen LogP contribution in [0.15, 0.2) is 30.5 Å². The molecule has 204 valence electrons. The van der Waals surface area contributed by atoms with Crippen LogP contribution in [0.5, 0.6) is 0 Å². The molecule has 37 heavy (non-hydrogen) atoms. The zero-order chi connectivity index (χ0) is 27.9. The van der Waals surface area contributed by atoms with E-state index in [9.17, 15) is 33.7 Å². The molecule has 0 saturated heterocycles. The number of carbonyl (C=O) groups excluding carboxylic acids is 2. The van der Waals surface area contributed by atoms with E-state index < -0.39 is 49.6 Å². The summed E-state index contributed by atoms with van der Waals surface area (Å²) in [7, 11) is -3.18. The molecule has 13 nitrogen and oxygen atoms in total. The summed E-state index contributed by atoms with van der Waals surface area (Å²) in [4.78, 5) is 58.7. The van der Waals surface area contributed by atoms with Crippen LogP contribution in [0.25, 0.3) is 10.9 Å². The van der Waals surface area contributed by atoms with Crippen LogP contribution in [0.4, 0.5) is 0 Å².